The average Bonchev–Trinajstić information content (AvgIpc) is 2.27. The van der Waals surface area contributed by atoms with E-state index in [0.717, 1.165) is 12.0 Å². The molecule has 2 amide bonds. The van der Waals surface area contributed by atoms with E-state index in [4.69, 9.17) is 23.2 Å². The molecule has 1 aliphatic heterocycles. The predicted octanol–water partition coefficient (Wildman–Crippen LogP) is 3.22. The lowest BCUT2D eigenvalue weighted by Gasteiger charge is -2.29. The largest absolute Gasteiger partial charge is 0.338 e. The van der Waals surface area contributed by atoms with E-state index in [2.05, 4.69) is 5.32 Å². The number of carbonyl (C=O) groups is 1. The number of aryl methyl sites for hydroxylation is 1. The zero-order chi connectivity index (χ0) is 11.7. The smallest absolute Gasteiger partial charge is 0.321 e. The summed E-state index contributed by atoms with van der Waals surface area (Å²) in [5, 5.41) is 3.83. The van der Waals surface area contributed by atoms with Crippen LogP contribution in [0.3, 0.4) is 0 Å². The first-order valence-electron chi connectivity index (χ1n) is 5.11. The van der Waals surface area contributed by atoms with E-state index in [1.165, 1.54) is 0 Å². The highest BCUT2D eigenvalue weighted by atomic mass is 35.5. The maximum absolute atomic E-state index is 11.7. The molecule has 0 bridgehead atoms. The number of hydrogen-bond acceptors (Lipinski definition) is 1. The van der Waals surface area contributed by atoms with Crippen LogP contribution in [-0.2, 0) is 0 Å². The van der Waals surface area contributed by atoms with Crippen LogP contribution in [0.25, 0.3) is 0 Å². The van der Waals surface area contributed by atoms with E-state index in [0.29, 0.717) is 28.8 Å². The highest BCUT2D eigenvalue weighted by molar-refractivity contribution is 6.40. The number of rotatable bonds is 1. The second-order valence-corrected chi connectivity index (χ2v) is 4.55. The minimum Gasteiger partial charge on any atom is -0.338 e. The van der Waals surface area contributed by atoms with Gasteiger partial charge in [-0.3, -0.25) is 4.90 Å². The van der Waals surface area contributed by atoms with Crippen molar-refractivity contribution in [3.05, 3.63) is 27.7 Å². The number of anilines is 1. The Bertz CT molecular complexity index is 434. The van der Waals surface area contributed by atoms with Gasteiger partial charge in [-0.2, -0.15) is 0 Å². The first-order chi connectivity index (χ1) is 7.61. The molecule has 2 rings (SSSR count). The van der Waals surface area contributed by atoms with Gasteiger partial charge < -0.3 is 5.32 Å². The Morgan fingerprint density at radius 2 is 2.12 bits per heavy atom. The molecular formula is C11H12Cl2N2O. The third-order valence-corrected chi connectivity index (χ3v) is 3.39. The molecule has 0 unspecified atom stereocenters. The normalized spacial score (nSPS) is 16.2. The summed E-state index contributed by atoms with van der Waals surface area (Å²) in [6.07, 6.45) is 0.895. The molecule has 1 aliphatic rings. The summed E-state index contributed by atoms with van der Waals surface area (Å²) in [6, 6.07) is 3.47. The molecule has 1 heterocycles. The summed E-state index contributed by atoms with van der Waals surface area (Å²) in [5.41, 5.74) is 1.53. The number of benzene rings is 1. The molecule has 1 saturated heterocycles. The third kappa shape index (κ3) is 1.97. The summed E-state index contributed by atoms with van der Waals surface area (Å²) in [6.45, 7) is 3.25. The van der Waals surface area contributed by atoms with Crippen LogP contribution in [0, 0.1) is 6.92 Å². The van der Waals surface area contributed by atoms with Crippen LogP contribution in [0.4, 0.5) is 10.5 Å². The first kappa shape index (κ1) is 11.6. The summed E-state index contributed by atoms with van der Waals surface area (Å²) in [4.78, 5) is 13.3. The Kier molecular flexibility index (Phi) is 3.26. The van der Waals surface area contributed by atoms with Gasteiger partial charge in [0.25, 0.3) is 0 Å². The van der Waals surface area contributed by atoms with Gasteiger partial charge in [-0.15, -0.1) is 0 Å². The number of halogens is 2. The van der Waals surface area contributed by atoms with Crippen LogP contribution in [-0.4, -0.2) is 19.1 Å². The van der Waals surface area contributed by atoms with Crippen molar-refractivity contribution in [2.24, 2.45) is 0 Å². The number of urea groups is 1. The van der Waals surface area contributed by atoms with Crippen molar-refractivity contribution in [2.45, 2.75) is 13.3 Å². The zero-order valence-corrected chi connectivity index (χ0v) is 10.4. The molecule has 16 heavy (non-hydrogen) atoms. The van der Waals surface area contributed by atoms with E-state index in [-0.39, 0.29) is 6.03 Å². The Hall–Kier alpha value is -0.930. The molecule has 5 heteroatoms. The lowest BCUT2D eigenvalue weighted by molar-refractivity contribution is 0.243. The average molecular weight is 259 g/mol. The minimum absolute atomic E-state index is 0.138. The molecule has 0 aliphatic carbocycles. The number of hydrogen-bond donors (Lipinski definition) is 1. The number of carbonyl (C=O) groups excluding carboxylic acids is 1. The molecule has 0 saturated carbocycles. The van der Waals surface area contributed by atoms with Gasteiger partial charge in [0, 0.05) is 13.1 Å². The molecule has 1 aromatic carbocycles. The van der Waals surface area contributed by atoms with Crippen LogP contribution in [0.5, 0.6) is 0 Å². The number of amides is 2. The highest BCUT2D eigenvalue weighted by Crippen LogP contribution is 2.36. The van der Waals surface area contributed by atoms with Crippen molar-refractivity contribution in [1.29, 1.82) is 0 Å². The van der Waals surface area contributed by atoms with Crippen molar-refractivity contribution in [3.8, 4) is 0 Å². The van der Waals surface area contributed by atoms with Crippen molar-refractivity contribution in [1.82, 2.24) is 5.32 Å². The van der Waals surface area contributed by atoms with E-state index < -0.39 is 0 Å². The second-order valence-electron chi connectivity index (χ2n) is 3.76. The Morgan fingerprint density at radius 1 is 1.38 bits per heavy atom. The van der Waals surface area contributed by atoms with E-state index in [1.54, 1.807) is 11.0 Å². The van der Waals surface area contributed by atoms with Gasteiger partial charge in [0.15, 0.2) is 0 Å². The molecule has 0 radical (unpaired) electrons. The molecule has 0 aromatic heterocycles. The van der Waals surface area contributed by atoms with Crippen molar-refractivity contribution < 1.29 is 4.79 Å². The van der Waals surface area contributed by atoms with Gasteiger partial charge in [0.1, 0.15) is 0 Å². The molecular weight excluding hydrogens is 247 g/mol. The number of nitrogens with zero attached hydrogens (tertiary/aromatic N) is 1. The molecule has 0 atom stereocenters. The lowest BCUT2D eigenvalue weighted by Crippen LogP contribution is -2.46. The van der Waals surface area contributed by atoms with E-state index in [9.17, 15) is 4.79 Å². The first-order valence-corrected chi connectivity index (χ1v) is 5.87. The van der Waals surface area contributed by atoms with Gasteiger partial charge in [-0.05, 0) is 25.0 Å². The number of nitrogens with one attached hydrogen (secondary N) is 1. The predicted molar refractivity (Wildman–Crippen MR) is 66.6 cm³/mol. The Labute approximate surface area is 104 Å². The fraction of sp³-hybridized carbons (Fsp3) is 0.364. The summed E-state index contributed by atoms with van der Waals surface area (Å²) >= 11 is 12.3. The molecule has 0 spiro atoms. The van der Waals surface area contributed by atoms with E-state index in [1.807, 2.05) is 13.0 Å². The summed E-state index contributed by atoms with van der Waals surface area (Å²) in [7, 11) is 0. The third-order valence-electron chi connectivity index (χ3n) is 2.61. The lowest BCUT2D eigenvalue weighted by atomic mass is 10.2. The minimum atomic E-state index is -0.138. The fourth-order valence-electron chi connectivity index (χ4n) is 1.73. The van der Waals surface area contributed by atoms with Gasteiger partial charge in [-0.25, -0.2) is 4.79 Å². The second kappa shape index (κ2) is 4.52. The molecule has 86 valence electrons. The van der Waals surface area contributed by atoms with Gasteiger partial charge in [0.2, 0.25) is 0 Å². The van der Waals surface area contributed by atoms with Gasteiger partial charge in [-0.1, -0.05) is 29.3 Å². The topological polar surface area (TPSA) is 32.3 Å². The maximum Gasteiger partial charge on any atom is 0.321 e. The maximum atomic E-state index is 11.7. The molecule has 1 N–H and O–H groups in total. The van der Waals surface area contributed by atoms with Gasteiger partial charge >= 0.3 is 6.03 Å². The fourth-order valence-corrected chi connectivity index (χ4v) is 2.31. The van der Waals surface area contributed by atoms with Crippen LogP contribution in [0.15, 0.2) is 12.1 Å². The van der Waals surface area contributed by atoms with Crippen molar-refractivity contribution in [3.63, 3.8) is 0 Å². The highest BCUT2D eigenvalue weighted by Gasteiger charge is 2.24. The van der Waals surface area contributed by atoms with Crippen molar-refractivity contribution in [2.75, 3.05) is 18.0 Å². The van der Waals surface area contributed by atoms with E-state index >= 15 is 0 Å². The molecule has 1 aromatic rings. The summed E-state index contributed by atoms with van der Waals surface area (Å²) in [5.74, 6) is 0. The Balaban J connectivity index is 2.46. The Morgan fingerprint density at radius 3 is 2.81 bits per heavy atom. The van der Waals surface area contributed by atoms with Crippen LogP contribution >= 0.6 is 23.2 Å². The van der Waals surface area contributed by atoms with Crippen LogP contribution < -0.4 is 10.2 Å². The van der Waals surface area contributed by atoms with Crippen LogP contribution in [0.1, 0.15) is 12.0 Å². The monoisotopic (exact) mass is 258 g/mol. The SMILES string of the molecule is Cc1ccc(Cl)c(N2CCCNC2=O)c1Cl. The quantitative estimate of drug-likeness (QED) is 0.825. The summed E-state index contributed by atoms with van der Waals surface area (Å²) < 4.78 is 0. The zero-order valence-electron chi connectivity index (χ0n) is 8.89. The van der Waals surface area contributed by atoms with Crippen LogP contribution in [0.2, 0.25) is 10.0 Å². The van der Waals surface area contributed by atoms with Crippen molar-refractivity contribution >= 4 is 34.9 Å². The standard InChI is InChI=1S/C11H12Cl2N2O/c1-7-3-4-8(12)10(9(7)13)15-6-2-5-14-11(15)16/h3-4H,2,5-6H2,1H3,(H,14,16). The molecule has 3 nitrogen and oxygen atoms in total. The molecule has 1 fully saturated rings. The van der Waals surface area contributed by atoms with Gasteiger partial charge in [0.05, 0.1) is 15.7 Å².